The van der Waals surface area contributed by atoms with Crippen molar-refractivity contribution in [2.75, 3.05) is 22.7 Å². The summed E-state index contributed by atoms with van der Waals surface area (Å²) in [7, 11) is -3.84. The zero-order valence-corrected chi connectivity index (χ0v) is 12.7. The molecule has 0 saturated carbocycles. The summed E-state index contributed by atoms with van der Waals surface area (Å²) in [5, 5.41) is 0. The quantitative estimate of drug-likeness (QED) is 0.940. The fourth-order valence-electron chi connectivity index (χ4n) is 2.50. The minimum Gasteiger partial charge on any atom is -0.355 e. The summed E-state index contributed by atoms with van der Waals surface area (Å²) in [4.78, 5) is 6.22. The van der Waals surface area contributed by atoms with Crippen molar-refractivity contribution in [3.05, 3.63) is 48.4 Å². The molecule has 1 fully saturated rings. The van der Waals surface area contributed by atoms with E-state index in [0.717, 1.165) is 32.0 Å². The maximum atomic E-state index is 13.2. The van der Waals surface area contributed by atoms with Crippen LogP contribution < -0.4 is 9.62 Å². The first kappa shape index (κ1) is 14.8. The summed E-state index contributed by atoms with van der Waals surface area (Å²) >= 11 is 0. The van der Waals surface area contributed by atoms with E-state index in [0.29, 0.717) is 11.5 Å². The first-order valence-corrected chi connectivity index (χ1v) is 8.53. The van der Waals surface area contributed by atoms with Gasteiger partial charge in [0.05, 0.1) is 10.6 Å². The van der Waals surface area contributed by atoms with Gasteiger partial charge in [-0.15, -0.1) is 0 Å². The van der Waals surface area contributed by atoms with Crippen LogP contribution in [0.15, 0.2) is 47.5 Å². The number of aromatic nitrogens is 1. The molecule has 22 heavy (non-hydrogen) atoms. The molecular formula is C15H16FN3O2S. The fourth-order valence-corrected chi connectivity index (χ4v) is 3.59. The van der Waals surface area contributed by atoms with Gasteiger partial charge in [0.2, 0.25) is 0 Å². The number of rotatable bonds is 4. The lowest BCUT2D eigenvalue weighted by molar-refractivity contribution is 0.595. The molecule has 116 valence electrons. The van der Waals surface area contributed by atoms with Crippen LogP contribution in [0.5, 0.6) is 0 Å². The highest BCUT2D eigenvalue weighted by Crippen LogP contribution is 2.28. The minimum atomic E-state index is -3.84. The standard InChI is InChI=1S/C15H16FN3O2S/c16-12-5-3-6-13(11-12)22(20,21)18-14-7-4-8-17-15(14)19-9-1-2-10-19/h3-8,11,18H,1-2,9-10H2. The van der Waals surface area contributed by atoms with Crippen molar-refractivity contribution < 1.29 is 12.8 Å². The third-order valence-electron chi connectivity index (χ3n) is 3.54. The van der Waals surface area contributed by atoms with Crippen LogP contribution >= 0.6 is 0 Å². The van der Waals surface area contributed by atoms with E-state index in [9.17, 15) is 12.8 Å². The van der Waals surface area contributed by atoms with Crippen molar-refractivity contribution in [3.63, 3.8) is 0 Å². The molecule has 1 aromatic heterocycles. The largest absolute Gasteiger partial charge is 0.355 e. The second-order valence-electron chi connectivity index (χ2n) is 5.13. The Morgan fingerprint density at radius 2 is 1.91 bits per heavy atom. The van der Waals surface area contributed by atoms with Crippen molar-refractivity contribution in [1.29, 1.82) is 0 Å². The number of sulfonamides is 1. The highest BCUT2D eigenvalue weighted by molar-refractivity contribution is 7.92. The molecule has 0 amide bonds. The summed E-state index contributed by atoms with van der Waals surface area (Å²) < 4.78 is 40.6. The van der Waals surface area contributed by atoms with Gasteiger partial charge < -0.3 is 4.90 Å². The van der Waals surface area contributed by atoms with Crippen molar-refractivity contribution >= 4 is 21.5 Å². The topological polar surface area (TPSA) is 62.3 Å². The molecule has 2 heterocycles. The van der Waals surface area contributed by atoms with Gasteiger partial charge in [0.25, 0.3) is 10.0 Å². The van der Waals surface area contributed by atoms with Crippen LogP contribution in [0.25, 0.3) is 0 Å². The first-order chi connectivity index (χ1) is 10.6. The van der Waals surface area contributed by atoms with Crippen LogP contribution in [0.3, 0.4) is 0 Å². The van der Waals surface area contributed by atoms with Gasteiger partial charge in [-0.1, -0.05) is 6.07 Å². The van der Waals surface area contributed by atoms with Gasteiger partial charge in [-0.25, -0.2) is 17.8 Å². The molecule has 0 unspecified atom stereocenters. The monoisotopic (exact) mass is 321 g/mol. The predicted octanol–water partition coefficient (Wildman–Crippen LogP) is 2.62. The molecule has 0 bridgehead atoms. The van der Waals surface area contributed by atoms with E-state index < -0.39 is 15.8 Å². The van der Waals surface area contributed by atoms with Crippen molar-refractivity contribution in [1.82, 2.24) is 4.98 Å². The van der Waals surface area contributed by atoms with Gasteiger partial charge in [0, 0.05) is 19.3 Å². The van der Waals surface area contributed by atoms with E-state index in [2.05, 4.69) is 9.71 Å². The summed E-state index contributed by atoms with van der Waals surface area (Å²) in [6.45, 7) is 1.71. The van der Waals surface area contributed by atoms with Gasteiger partial charge in [0.15, 0.2) is 5.82 Å². The molecule has 2 aromatic rings. The van der Waals surface area contributed by atoms with E-state index in [1.165, 1.54) is 18.2 Å². The zero-order valence-electron chi connectivity index (χ0n) is 11.9. The number of hydrogen-bond donors (Lipinski definition) is 1. The maximum Gasteiger partial charge on any atom is 0.262 e. The Morgan fingerprint density at radius 3 is 2.64 bits per heavy atom. The summed E-state index contributed by atoms with van der Waals surface area (Å²) in [5.41, 5.74) is 0.411. The fraction of sp³-hybridized carbons (Fsp3) is 0.267. The van der Waals surface area contributed by atoms with Crippen LogP contribution in [0.1, 0.15) is 12.8 Å². The average molecular weight is 321 g/mol. The molecule has 0 spiro atoms. The van der Waals surface area contributed by atoms with E-state index >= 15 is 0 Å². The Kier molecular flexibility index (Phi) is 3.98. The molecule has 0 aliphatic carbocycles. The third-order valence-corrected chi connectivity index (χ3v) is 4.91. The first-order valence-electron chi connectivity index (χ1n) is 7.05. The summed E-state index contributed by atoms with van der Waals surface area (Å²) in [6.07, 6.45) is 3.76. The SMILES string of the molecule is O=S(=O)(Nc1cccnc1N1CCCC1)c1cccc(F)c1. The molecule has 0 radical (unpaired) electrons. The van der Waals surface area contributed by atoms with Gasteiger partial charge in [-0.3, -0.25) is 4.72 Å². The van der Waals surface area contributed by atoms with Crippen molar-refractivity contribution in [3.8, 4) is 0 Å². The van der Waals surface area contributed by atoms with Crippen LogP contribution in [0.4, 0.5) is 15.9 Å². The molecule has 0 atom stereocenters. The molecule has 1 N–H and O–H groups in total. The molecular weight excluding hydrogens is 305 g/mol. The number of anilines is 2. The van der Waals surface area contributed by atoms with Crippen molar-refractivity contribution in [2.45, 2.75) is 17.7 Å². The average Bonchev–Trinajstić information content (AvgIpc) is 3.01. The van der Waals surface area contributed by atoms with Crippen molar-refractivity contribution in [2.24, 2.45) is 0 Å². The summed E-state index contributed by atoms with van der Waals surface area (Å²) in [5.74, 6) is 0.0220. The lowest BCUT2D eigenvalue weighted by Crippen LogP contribution is -2.22. The van der Waals surface area contributed by atoms with E-state index in [-0.39, 0.29) is 4.90 Å². The van der Waals surface area contributed by atoms with Gasteiger partial charge >= 0.3 is 0 Å². The second-order valence-corrected chi connectivity index (χ2v) is 6.81. The number of benzene rings is 1. The molecule has 5 nitrogen and oxygen atoms in total. The molecule has 1 aliphatic heterocycles. The Bertz CT molecular complexity index is 774. The smallest absolute Gasteiger partial charge is 0.262 e. The molecule has 3 rings (SSSR count). The van der Waals surface area contributed by atoms with Crippen LogP contribution in [-0.2, 0) is 10.0 Å². The number of hydrogen-bond acceptors (Lipinski definition) is 4. The minimum absolute atomic E-state index is 0.108. The van der Waals surface area contributed by atoms with E-state index in [4.69, 9.17) is 0 Å². The molecule has 1 saturated heterocycles. The number of halogens is 1. The van der Waals surface area contributed by atoms with Crippen LogP contribution in [0.2, 0.25) is 0 Å². The Balaban J connectivity index is 1.92. The predicted molar refractivity (Wildman–Crippen MR) is 82.9 cm³/mol. The lowest BCUT2D eigenvalue weighted by Gasteiger charge is -2.20. The Hall–Kier alpha value is -2.15. The highest BCUT2D eigenvalue weighted by atomic mass is 32.2. The maximum absolute atomic E-state index is 13.2. The van der Waals surface area contributed by atoms with Gasteiger partial charge in [0.1, 0.15) is 5.82 Å². The van der Waals surface area contributed by atoms with Crippen LogP contribution in [-0.4, -0.2) is 26.5 Å². The lowest BCUT2D eigenvalue weighted by atomic mass is 10.3. The number of nitrogens with one attached hydrogen (secondary N) is 1. The summed E-state index contributed by atoms with van der Waals surface area (Å²) in [6, 6.07) is 8.26. The number of nitrogens with zero attached hydrogens (tertiary/aromatic N) is 2. The highest BCUT2D eigenvalue weighted by Gasteiger charge is 2.21. The van der Waals surface area contributed by atoms with Crippen LogP contribution in [0, 0.1) is 5.82 Å². The zero-order chi connectivity index (χ0) is 15.6. The number of pyridine rings is 1. The van der Waals surface area contributed by atoms with Gasteiger partial charge in [-0.05, 0) is 43.2 Å². The molecule has 1 aliphatic rings. The van der Waals surface area contributed by atoms with E-state index in [1.807, 2.05) is 4.90 Å². The van der Waals surface area contributed by atoms with E-state index in [1.54, 1.807) is 18.3 Å². The Morgan fingerprint density at radius 1 is 1.14 bits per heavy atom. The Labute approximate surface area is 128 Å². The molecule has 7 heteroatoms. The second kappa shape index (κ2) is 5.92. The normalized spacial score (nSPS) is 15.0. The molecule has 1 aromatic carbocycles. The third kappa shape index (κ3) is 3.04. The van der Waals surface area contributed by atoms with Gasteiger partial charge in [-0.2, -0.15) is 0 Å².